The van der Waals surface area contributed by atoms with Crippen LogP contribution in [-0.4, -0.2) is 24.4 Å². The van der Waals surface area contributed by atoms with Gasteiger partial charge in [-0.15, -0.1) is 0 Å². The zero-order chi connectivity index (χ0) is 23.1. The van der Waals surface area contributed by atoms with Gasteiger partial charge in [0, 0.05) is 23.3 Å². The molecule has 0 aromatic heterocycles. The molecule has 7 heteroatoms. The van der Waals surface area contributed by atoms with Crippen LogP contribution in [0.5, 0.6) is 11.5 Å². The van der Waals surface area contributed by atoms with Gasteiger partial charge in [0.2, 0.25) is 0 Å². The predicted molar refractivity (Wildman–Crippen MR) is 129 cm³/mol. The van der Waals surface area contributed by atoms with Gasteiger partial charge in [-0.25, -0.2) is 0 Å². The molecule has 0 radical (unpaired) electrons. The van der Waals surface area contributed by atoms with Crippen LogP contribution in [0.25, 0.3) is 12.2 Å². The van der Waals surface area contributed by atoms with E-state index in [-0.39, 0.29) is 11.5 Å². The molecule has 2 aromatic carbocycles. The summed E-state index contributed by atoms with van der Waals surface area (Å²) in [6, 6.07) is 10.0. The molecule has 1 aliphatic rings. The van der Waals surface area contributed by atoms with E-state index < -0.39 is 4.92 Å². The van der Waals surface area contributed by atoms with Crippen LogP contribution in [0.15, 0.2) is 52.0 Å². The van der Waals surface area contributed by atoms with Gasteiger partial charge in [-0.3, -0.25) is 14.9 Å². The maximum absolute atomic E-state index is 13.1. The zero-order valence-corrected chi connectivity index (χ0v) is 19.8. The average molecular weight is 500 g/mol. The Morgan fingerprint density at radius 2 is 1.75 bits per heavy atom. The number of carbonyl (C=O) groups is 1. The Bertz CT molecular complexity index is 1060. The van der Waals surface area contributed by atoms with Crippen molar-refractivity contribution in [2.24, 2.45) is 0 Å². The third-order valence-corrected chi connectivity index (χ3v) is 5.85. The predicted octanol–water partition coefficient (Wildman–Crippen LogP) is 6.76. The summed E-state index contributed by atoms with van der Waals surface area (Å²) in [5, 5.41) is 10.8. The largest absolute Gasteiger partial charge is 0.493 e. The van der Waals surface area contributed by atoms with Gasteiger partial charge in [0.1, 0.15) is 0 Å². The first-order valence-corrected chi connectivity index (χ1v) is 11.4. The number of Topliss-reactive ketones (excluding diaryl/α,β-unsaturated/α-hetero) is 1. The Kier molecular flexibility index (Phi) is 8.22. The van der Waals surface area contributed by atoms with E-state index in [1.54, 1.807) is 19.2 Å². The van der Waals surface area contributed by atoms with Crippen LogP contribution in [0.2, 0.25) is 0 Å². The standard InChI is InChI=1S/C25H26BrNO5/c1-3-4-12-32-25-22(26)15-18(16-23(25)31-2)14-20-7-5-6-19(24(20)28)13-17-8-10-21(11-9-17)27(29)30/h8-11,13-16H,3-7,12H2,1-2H3/b19-13+,20-14+. The lowest BCUT2D eigenvalue weighted by molar-refractivity contribution is -0.384. The number of hydrogen-bond donors (Lipinski definition) is 0. The molecule has 1 saturated carbocycles. The molecule has 0 N–H and O–H groups in total. The summed E-state index contributed by atoms with van der Waals surface area (Å²) >= 11 is 3.56. The van der Waals surface area contributed by atoms with Crippen LogP contribution in [0.1, 0.15) is 50.2 Å². The van der Waals surface area contributed by atoms with Gasteiger partial charge in [0.05, 0.1) is 23.1 Å². The molecule has 0 saturated heterocycles. The number of carbonyl (C=O) groups excluding carboxylic acids is 1. The summed E-state index contributed by atoms with van der Waals surface area (Å²) in [6.45, 7) is 2.72. The van der Waals surface area contributed by atoms with Crippen LogP contribution in [0, 0.1) is 10.1 Å². The quantitative estimate of drug-likeness (QED) is 0.173. The monoisotopic (exact) mass is 499 g/mol. The molecule has 0 heterocycles. The van der Waals surface area contributed by atoms with Crippen molar-refractivity contribution in [3.8, 4) is 11.5 Å². The molecule has 0 bridgehead atoms. The van der Waals surface area contributed by atoms with Gasteiger partial charge in [-0.1, -0.05) is 13.3 Å². The lowest BCUT2D eigenvalue weighted by Gasteiger charge is -2.17. The first-order valence-electron chi connectivity index (χ1n) is 10.6. The van der Waals surface area contributed by atoms with Crippen LogP contribution in [0.3, 0.4) is 0 Å². The molecular formula is C25H26BrNO5. The fourth-order valence-electron chi connectivity index (χ4n) is 3.55. The summed E-state index contributed by atoms with van der Waals surface area (Å²) in [4.78, 5) is 23.5. The molecular weight excluding hydrogens is 474 g/mol. The zero-order valence-electron chi connectivity index (χ0n) is 18.2. The van der Waals surface area contributed by atoms with Gasteiger partial charge in [0.25, 0.3) is 5.69 Å². The van der Waals surface area contributed by atoms with Crippen LogP contribution < -0.4 is 9.47 Å². The minimum absolute atomic E-state index is 0.00737. The highest BCUT2D eigenvalue weighted by Gasteiger charge is 2.21. The molecule has 0 unspecified atom stereocenters. The number of ether oxygens (including phenoxy) is 2. The smallest absolute Gasteiger partial charge is 0.269 e. The van der Waals surface area contributed by atoms with E-state index in [4.69, 9.17) is 9.47 Å². The summed E-state index contributed by atoms with van der Waals surface area (Å²) in [5.41, 5.74) is 3.11. The van der Waals surface area contributed by atoms with Crippen molar-refractivity contribution in [1.82, 2.24) is 0 Å². The number of allylic oxidation sites excluding steroid dienone is 2. The number of halogens is 1. The fourth-order valence-corrected chi connectivity index (χ4v) is 4.13. The van der Waals surface area contributed by atoms with Crippen molar-refractivity contribution in [2.45, 2.75) is 39.0 Å². The first kappa shape index (κ1) is 23.7. The topological polar surface area (TPSA) is 78.7 Å². The number of non-ortho nitro benzene ring substituents is 1. The van der Waals surface area contributed by atoms with Gasteiger partial charge in [0.15, 0.2) is 17.3 Å². The molecule has 0 aliphatic heterocycles. The van der Waals surface area contributed by atoms with E-state index in [1.165, 1.54) is 12.1 Å². The molecule has 0 atom stereocenters. The summed E-state index contributed by atoms with van der Waals surface area (Å²) in [5.74, 6) is 1.29. The van der Waals surface area contributed by atoms with E-state index >= 15 is 0 Å². The van der Waals surface area contributed by atoms with Crippen molar-refractivity contribution in [3.05, 3.63) is 73.3 Å². The number of unbranched alkanes of at least 4 members (excludes halogenated alkanes) is 1. The number of nitrogens with zero attached hydrogens (tertiary/aromatic N) is 1. The molecule has 1 aliphatic carbocycles. The number of hydrogen-bond acceptors (Lipinski definition) is 5. The molecule has 0 spiro atoms. The Balaban J connectivity index is 1.84. The molecule has 0 amide bonds. The van der Waals surface area contributed by atoms with E-state index in [0.717, 1.165) is 40.4 Å². The number of ketones is 1. The second-order valence-electron chi connectivity index (χ2n) is 7.61. The van der Waals surface area contributed by atoms with Crippen molar-refractivity contribution in [2.75, 3.05) is 13.7 Å². The number of nitro benzene ring substituents is 1. The second-order valence-corrected chi connectivity index (χ2v) is 8.46. The van der Waals surface area contributed by atoms with Gasteiger partial charge in [-0.2, -0.15) is 0 Å². The van der Waals surface area contributed by atoms with E-state index in [9.17, 15) is 14.9 Å². The van der Waals surface area contributed by atoms with Crippen molar-refractivity contribution >= 4 is 39.6 Å². The minimum Gasteiger partial charge on any atom is -0.493 e. The van der Waals surface area contributed by atoms with Gasteiger partial charge in [-0.05, 0) is 89.2 Å². The first-order chi connectivity index (χ1) is 15.4. The molecule has 1 fully saturated rings. The highest BCUT2D eigenvalue weighted by atomic mass is 79.9. The maximum Gasteiger partial charge on any atom is 0.269 e. The number of benzene rings is 2. The average Bonchev–Trinajstić information content (AvgIpc) is 2.78. The molecule has 32 heavy (non-hydrogen) atoms. The van der Waals surface area contributed by atoms with Crippen LogP contribution >= 0.6 is 15.9 Å². The van der Waals surface area contributed by atoms with Crippen LogP contribution in [0.4, 0.5) is 5.69 Å². The Labute approximate surface area is 196 Å². The lowest BCUT2D eigenvalue weighted by atomic mass is 9.87. The SMILES string of the molecule is CCCCOc1c(Br)cc(/C=C2\CCC/C(=C\c3ccc([N+](=O)[O-])cc3)C2=O)cc1OC. The minimum atomic E-state index is -0.434. The highest BCUT2D eigenvalue weighted by molar-refractivity contribution is 9.10. The van der Waals surface area contributed by atoms with Gasteiger partial charge >= 0.3 is 0 Å². The third kappa shape index (κ3) is 5.85. The normalized spacial score (nSPS) is 16.4. The van der Waals surface area contributed by atoms with Gasteiger partial charge < -0.3 is 9.47 Å². The molecule has 3 rings (SSSR count). The number of methoxy groups -OCH3 is 1. The molecule has 6 nitrogen and oxygen atoms in total. The maximum atomic E-state index is 13.1. The number of nitro groups is 1. The highest BCUT2D eigenvalue weighted by Crippen LogP contribution is 2.38. The Hall–Kier alpha value is -2.93. The third-order valence-electron chi connectivity index (χ3n) is 5.26. The Morgan fingerprint density at radius 3 is 2.34 bits per heavy atom. The molecule has 168 valence electrons. The lowest BCUT2D eigenvalue weighted by Crippen LogP contribution is -2.12. The van der Waals surface area contributed by atoms with Crippen molar-refractivity contribution < 1.29 is 19.2 Å². The second kappa shape index (κ2) is 11.1. The molecule has 2 aromatic rings. The Morgan fingerprint density at radius 1 is 1.09 bits per heavy atom. The van der Waals surface area contributed by atoms with Crippen molar-refractivity contribution in [3.63, 3.8) is 0 Å². The van der Waals surface area contributed by atoms with E-state index in [0.29, 0.717) is 36.5 Å². The fraction of sp³-hybridized carbons (Fsp3) is 0.320. The van der Waals surface area contributed by atoms with Crippen LogP contribution in [-0.2, 0) is 4.79 Å². The van der Waals surface area contributed by atoms with E-state index in [2.05, 4.69) is 22.9 Å². The summed E-state index contributed by atoms with van der Waals surface area (Å²) in [6.07, 6.45) is 7.97. The summed E-state index contributed by atoms with van der Waals surface area (Å²) in [7, 11) is 1.60. The van der Waals surface area contributed by atoms with Crippen molar-refractivity contribution in [1.29, 1.82) is 0 Å². The summed E-state index contributed by atoms with van der Waals surface area (Å²) < 4.78 is 12.2. The van der Waals surface area contributed by atoms with E-state index in [1.807, 2.05) is 24.3 Å². The number of rotatable bonds is 8.